The molecule has 6 nitrogen and oxygen atoms in total. The van der Waals surface area contributed by atoms with E-state index in [4.69, 9.17) is 4.74 Å². The fourth-order valence-electron chi connectivity index (χ4n) is 4.33. The summed E-state index contributed by atoms with van der Waals surface area (Å²) in [5.41, 5.74) is 2.12. The number of para-hydroxylation sites is 1. The van der Waals surface area contributed by atoms with Gasteiger partial charge in [-0.25, -0.2) is 8.42 Å². The summed E-state index contributed by atoms with van der Waals surface area (Å²) in [5.74, 6) is 0.766. The summed E-state index contributed by atoms with van der Waals surface area (Å²) >= 11 is 0. The Morgan fingerprint density at radius 1 is 0.625 bits per heavy atom. The van der Waals surface area contributed by atoms with Gasteiger partial charge in [0.1, 0.15) is 18.0 Å². The zero-order chi connectivity index (χ0) is 27.8. The van der Waals surface area contributed by atoms with E-state index in [1.807, 2.05) is 91.0 Å². The number of carbonyl (C=O) groups excluding carboxylic acids is 1. The van der Waals surface area contributed by atoms with Crippen molar-refractivity contribution in [2.24, 2.45) is 0 Å². The molecule has 40 heavy (non-hydrogen) atoms. The zero-order valence-electron chi connectivity index (χ0n) is 21.6. The summed E-state index contributed by atoms with van der Waals surface area (Å²) in [4.78, 5) is 13.6. The molecule has 0 aliphatic carbocycles. The highest BCUT2D eigenvalue weighted by Gasteiger charge is 2.28. The molecule has 0 aliphatic heterocycles. The number of nitrogens with one attached hydrogen (secondary N) is 1. The topological polar surface area (TPSA) is 75.7 Å². The second kappa shape index (κ2) is 12.3. The largest absolute Gasteiger partial charge is 0.457 e. The molecule has 0 spiro atoms. The normalized spacial score (nSPS) is 11.1. The van der Waals surface area contributed by atoms with Crippen molar-refractivity contribution in [3.8, 4) is 11.5 Å². The van der Waals surface area contributed by atoms with Gasteiger partial charge in [0.05, 0.1) is 16.6 Å². The summed E-state index contributed by atoms with van der Waals surface area (Å²) in [6.07, 6.45) is 0. The Kier molecular flexibility index (Phi) is 8.23. The lowest BCUT2D eigenvalue weighted by atomic mass is 9.99. The Morgan fingerprint density at radius 2 is 1.07 bits per heavy atom. The maximum Gasteiger partial charge on any atom is 0.264 e. The zero-order valence-corrected chi connectivity index (χ0v) is 22.4. The lowest BCUT2D eigenvalue weighted by molar-refractivity contribution is -0.120. The third-order valence-corrected chi connectivity index (χ3v) is 8.08. The molecule has 0 heterocycles. The van der Waals surface area contributed by atoms with Crippen molar-refractivity contribution in [3.05, 3.63) is 157 Å². The number of hydrogen-bond donors (Lipinski definition) is 1. The summed E-state index contributed by atoms with van der Waals surface area (Å²) in [6, 6.07) is 42.8. The number of anilines is 1. The minimum Gasteiger partial charge on any atom is -0.457 e. The van der Waals surface area contributed by atoms with E-state index in [1.54, 1.807) is 42.5 Å². The molecule has 5 rings (SSSR count). The predicted octanol–water partition coefficient (Wildman–Crippen LogP) is 6.58. The lowest BCUT2D eigenvalue weighted by Crippen LogP contribution is -2.42. The van der Waals surface area contributed by atoms with Crippen LogP contribution in [0.3, 0.4) is 0 Å². The van der Waals surface area contributed by atoms with Crippen LogP contribution in [-0.4, -0.2) is 20.9 Å². The number of carbonyl (C=O) groups is 1. The van der Waals surface area contributed by atoms with Crippen molar-refractivity contribution in [1.82, 2.24) is 5.32 Å². The molecular formula is C33H28N2O4S. The first kappa shape index (κ1) is 26.7. The van der Waals surface area contributed by atoms with Gasteiger partial charge < -0.3 is 10.1 Å². The number of nitrogens with zero attached hydrogens (tertiary/aromatic N) is 1. The molecule has 5 aromatic carbocycles. The molecule has 7 heteroatoms. The Bertz CT molecular complexity index is 1590. The van der Waals surface area contributed by atoms with Crippen LogP contribution in [0, 0.1) is 0 Å². The van der Waals surface area contributed by atoms with E-state index in [0.29, 0.717) is 17.2 Å². The highest BCUT2D eigenvalue weighted by Crippen LogP contribution is 2.28. The van der Waals surface area contributed by atoms with Gasteiger partial charge >= 0.3 is 0 Å². The SMILES string of the molecule is O=C(CN(c1ccc(Oc2ccccc2)cc1)S(=O)(=O)c1ccccc1)NC(c1ccccc1)c1ccccc1. The second-order valence-electron chi connectivity index (χ2n) is 9.06. The van der Waals surface area contributed by atoms with Crippen molar-refractivity contribution >= 4 is 21.6 Å². The van der Waals surface area contributed by atoms with Gasteiger partial charge in [0.15, 0.2) is 0 Å². The third-order valence-electron chi connectivity index (χ3n) is 6.29. The number of rotatable bonds is 10. The molecule has 0 bridgehead atoms. The maximum atomic E-state index is 13.8. The summed E-state index contributed by atoms with van der Waals surface area (Å²) in [7, 11) is -4.05. The van der Waals surface area contributed by atoms with Crippen molar-refractivity contribution in [2.45, 2.75) is 10.9 Å². The van der Waals surface area contributed by atoms with E-state index >= 15 is 0 Å². The molecule has 0 saturated carbocycles. The first-order valence-electron chi connectivity index (χ1n) is 12.8. The van der Waals surface area contributed by atoms with E-state index in [-0.39, 0.29) is 4.90 Å². The second-order valence-corrected chi connectivity index (χ2v) is 10.9. The van der Waals surface area contributed by atoms with Gasteiger partial charge in [-0.1, -0.05) is 97.1 Å². The third kappa shape index (κ3) is 6.39. The number of ether oxygens (including phenoxy) is 1. The number of amides is 1. The maximum absolute atomic E-state index is 13.8. The van der Waals surface area contributed by atoms with Crippen molar-refractivity contribution in [2.75, 3.05) is 10.8 Å². The Labute approximate surface area is 234 Å². The van der Waals surface area contributed by atoms with Crippen LogP contribution in [-0.2, 0) is 14.8 Å². The van der Waals surface area contributed by atoms with Gasteiger partial charge in [-0.2, -0.15) is 0 Å². The van der Waals surface area contributed by atoms with E-state index in [9.17, 15) is 13.2 Å². The van der Waals surface area contributed by atoms with E-state index in [2.05, 4.69) is 5.32 Å². The molecule has 0 radical (unpaired) electrons. The quantitative estimate of drug-likeness (QED) is 0.214. The van der Waals surface area contributed by atoms with Crippen LogP contribution in [0.25, 0.3) is 0 Å². The first-order chi connectivity index (χ1) is 19.5. The molecule has 0 saturated heterocycles. The van der Waals surface area contributed by atoms with Crippen LogP contribution in [0.15, 0.2) is 150 Å². The van der Waals surface area contributed by atoms with Crippen LogP contribution >= 0.6 is 0 Å². The summed E-state index contributed by atoms with van der Waals surface area (Å²) in [5, 5.41) is 3.05. The van der Waals surface area contributed by atoms with Crippen LogP contribution in [0.5, 0.6) is 11.5 Å². The number of sulfonamides is 1. The minimum absolute atomic E-state index is 0.0927. The summed E-state index contributed by atoms with van der Waals surface area (Å²) in [6.45, 7) is -0.410. The first-order valence-corrected chi connectivity index (χ1v) is 14.2. The molecule has 0 unspecified atom stereocenters. The molecule has 5 aromatic rings. The molecule has 1 amide bonds. The molecule has 0 aromatic heterocycles. The van der Waals surface area contributed by atoms with Gasteiger partial charge in [0.2, 0.25) is 5.91 Å². The minimum atomic E-state index is -4.05. The smallest absolute Gasteiger partial charge is 0.264 e. The van der Waals surface area contributed by atoms with Crippen molar-refractivity contribution in [3.63, 3.8) is 0 Å². The molecule has 0 fully saturated rings. The molecule has 200 valence electrons. The molecular weight excluding hydrogens is 520 g/mol. The van der Waals surface area contributed by atoms with Crippen LogP contribution in [0.4, 0.5) is 5.69 Å². The van der Waals surface area contributed by atoms with Crippen LogP contribution in [0.2, 0.25) is 0 Å². The van der Waals surface area contributed by atoms with Gasteiger partial charge in [-0.3, -0.25) is 9.10 Å². The van der Waals surface area contributed by atoms with Gasteiger partial charge in [0, 0.05) is 0 Å². The standard InChI is InChI=1S/C33H28N2O4S/c36-32(34-33(26-13-5-1-6-14-26)27-15-7-2-8-16-27)25-35(40(37,38)31-19-11-4-12-20-31)28-21-23-30(24-22-28)39-29-17-9-3-10-18-29/h1-24,33H,25H2,(H,34,36). The van der Waals surface area contributed by atoms with Gasteiger partial charge in [-0.05, 0) is 59.7 Å². The highest BCUT2D eigenvalue weighted by atomic mass is 32.2. The fraction of sp³-hybridized carbons (Fsp3) is 0.0606. The number of benzene rings is 5. The Morgan fingerprint density at radius 3 is 1.60 bits per heavy atom. The van der Waals surface area contributed by atoms with E-state index in [1.165, 1.54) is 12.1 Å². The highest BCUT2D eigenvalue weighted by molar-refractivity contribution is 7.92. The van der Waals surface area contributed by atoms with Crippen molar-refractivity contribution < 1.29 is 17.9 Å². The average molecular weight is 549 g/mol. The van der Waals surface area contributed by atoms with E-state index < -0.39 is 28.5 Å². The Hall–Kier alpha value is -4.88. The molecule has 1 N–H and O–H groups in total. The van der Waals surface area contributed by atoms with Crippen LogP contribution in [0.1, 0.15) is 17.2 Å². The van der Waals surface area contributed by atoms with Crippen LogP contribution < -0.4 is 14.4 Å². The average Bonchev–Trinajstić information content (AvgIpc) is 3.01. The molecule has 0 aliphatic rings. The Balaban J connectivity index is 1.44. The predicted molar refractivity (Wildman–Crippen MR) is 157 cm³/mol. The summed E-state index contributed by atoms with van der Waals surface area (Å²) < 4.78 is 34.6. The van der Waals surface area contributed by atoms with E-state index in [0.717, 1.165) is 15.4 Å². The number of hydrogen-bond acceptors (Lipinski definition) is 4. The van der Waals surface area contributed by atoms with Crippen molar-refractivity contribution in [1.29, 1.82) is 0 Å². The van der Waals surface area contributed by atoms with Gasteiger partial charge in [-0.15, -0.1) is 0 Å². The van der Waals surface area contributed by atoms with Gasteiger partial charge in [0.25, 0.3) is 10.0 Å². The molecule has 0 atom stereocenters. The fourth-order valence-corrected chi connectivity index (χ4v) is 5.77. The lowest BCUT2D eigenvalue weighted by Gasteiger charge is -2.26. The monoisotopic (exact) mass is 548 g/mol.